The second-order valence-corrected chi connectivity index (χ2v) is 5.22. The fraction of sp³-hybridized carbons (Fsp3) is 0.562. The van der Waals surface area contributed by atoms with E-state index in [-0.39, 0.29) is 29.7 Å². The van der Waals surface area contributed by atoms with E-state index in [1.54, 1.807) is 19.2 Å². The van der Waals surface area contributed by atoms with Gasteiger partial charge in [0.15, 0.2) is 12.6 Å². The van der Waals surface area contributed by atoms with E-state index in [1.807, 2.05) is 13.0 Å². The molecule has 0 aromatic heterocycles. The normalized spacial score (nSPS) is 11.7. The summed E-state index contributed by atoms with van der Waals surface area (Å²) >= 11 is 0. The number of hydrogen-bond donors (Lipinski definition) is 2. The number of hydrogen-bond acceptors (Lipinski definition) is 2. The van der Waals surface area contributed by atoms with E-state index < -0.39 is 12.8 Å². The average molecular weight is 459 g/mol. The molecule has 138 valence electrons. The molecule has 0 fully saturated rings. The van der Waals surface area contributed by atoms with Gasteiger partial charge in [-0.2, -0.15) is 13.2 Å². The minimum Gasteiger partial charge on any atom is -0.484 e. The smallest absolute Gasteiger partial charge is 0.422 e. The molecule has 0 unspecified atom stereocenters. The van der Waals surface area contributed by atoms with Crippen LogP contribution in [0.5, 0.6) is 5.75 Å². The number of unbranched alkanes of at least 4 members (excludes halogenated alkanes) is 1. The summed E-state index contributed by atoms with van der Waals surface area (Å²) in [6.45, 7) is 3.73. The van der Waals surface area contributed by atoms with Crippen LogP contribution in [0.15, 0.2) is 23.2 Å². The lowest BCUT2D eigenvalue weighted by molar-refractivity contribution is -0.153. The quantitative estimate of drug-likeness (QED) is 0.280. The van der Waals surface area contributed by atoms with Crippen LogP contribution >= 0.6 is 24.0 Å². The first-order valence-electron chi connectivity index (χ1n) is 7.59. The maximum atomic E-state index is 12.3. The summed E-state index contributed by atoms with van der Waals surface area (Å²) in [6.07, 6.45) is -2.27. The van der Waals surface area contributed by atoms with Gasteiger partial charge in [0, 0.05) is 25.7 Å². The van der Waals surface area contributed by atoms with E-state index in [9.17, 15) is 13.2 Å². The van der Waals surface area contributed by atoms with Crippen molar-refractivity contribution < 1.29 is 17.9 Å². The van der Waals surface area contributed by atoms with E-state index in [0.29, 0.717) is 18.1 Å². The molecule has 0 aliphatic heterocycles. The Bertz CT molecular complexity index is 522. The maximum Gasteiger partial charge on any atom is 0.422 e. The van der Waals surface area contributed by atoms with Crippen molar-refractivity contribution in [2.45, 2.75) is 39.4 Å². The molecule has 0 amide bonds. The molecule has 0 aliphatic carbocycles. The van der Waals surface area contributed by atoms with E-state index in [4.69, 9.17) is 4.74 Å². The fourth-order valence-electron chi connectivity index (χ4n) is 1.88. The molecule has 0 bridgehead atoms. The molecule has 0 aliphatic rings. The number of halogens is 4. The second-order valence-electron chi connectivity index (χ2n) is 5.22. The summed E-state index contributed by atoms with van der Waals surface area (Å²) in [7, 11) is 1.65. The number of aliphatic imine (C=N–C) groups is 1. The molecule has 24 heavy (non-hydrogen) atoms. The number of alkyl halides is 3. The largest absolute Gasteiger partial charge is 0.484 e. The molecule has 0 heterocycles. The molecule has 0 saturated carbocycles. The topological polar surface area (TPSA) is 45.7 Å². The average Bonchev–Trinajstić information content (AvgIpc) is 2.49. The van der Waals surface area contributed by atoms with E-state index in [0.717, 1.165) is 24.9 Å². The molecular weight excluding hydrogens is 434 g/mol. The van der Waals surface area contributed by atoms with Crippen molar-refractivity contribution in [3.63, 3.8) is 0 Å². The van der Waals surface area contributed by atoms with Crippen LogP contribution in [0.2, 0.25) is 0 Å². The Kier molecular flexibility index (Phi) is 10.8. The molecule has 0 radical (unpaired) electrons. The Hall–Kier alpha value is -1.19. The third-order valence-corrected chi connectivity index (χ3v) is 3.11. The standard InChI is InChI=1S/C16H24F3N3O.HI/c1-4-5-8-21-15(20-3)22-10-13-7-6-12(2)9-14(13)23-11-16(17,18)19;/h6-7,9H,4-5,8,10-11H2,1-3H3,(H2,20,21,22);1H. The van der Waals surface area contributed by atoms with Gasteiger partial charge in [0.2, 0.25) is 0 Å². The van der Waals surface area contributed by atoms with E-state index >= 15 is 0 Å². The van der Waals surface area contributed by atoms with Crippen molar-refractivity contribution in [2.24, 2.45) is 4.99 Å². The lowest BCUT2D eigenvalue weighted by Gasteiger charge is -2.16. The van der Waals surface area contributed by atoms with Gasteiger partial charge in [-0.3, -0.25) is 4.99 Å². The molecule has 1 rings (SSSR count). The van der Waals surface area contributed by atoms with Gasteiger partial charge in [-0.1, -0.05) is 25.5 Å². The Balaban J connectivity index is 0.00000529. The fourth-order valence-corrected chi connectivity index (χ4v) is 1.88. The lowest BCUT2D eigenvalue weighted by atomic mass is 10.1. The molecule has 0 atom stereocenters. The zero-order valence-corrected chi connectivity index (χ0v) is 16.5. The van der Waals surface area contributed by atoms with Crippen molar-refractivity contribution in [2.75, 3.05) is 20.2 Å². The predicted molar refractivity (Wildman–Crippen MR) is 101 cm³/mol. The van der Waals surface area contributed by atoms with Gasteiger partial charge >= 0.3 is 6.18 Å². The maximum absolute atomic E-state index is 12.3. The predicted octanol–water partition coefficient (Wildman–Crippen LogP) is 4.02. The highest BCUT2D eigenvalue weighted by molar-refractivity contribution is 14.0. The summed E-state index contributed by atoms with van der Waals surface area (Å²) in [5.74, 6) is 0.847. The van der Waals surface area contributed by atoms with E-state index in [1.165, 1.54) is 0 Å². The van der Waals surface area contributed by atoms with Crippen LogP contribution in [0.1, 0.15) is 30.9 Å². The van der Waals surface area contributed by atoms with E-state index in [2.05, 4.69) is 22.5 Å². The Morgan fingerprint density at radius 2 is 1.96 bits per heavy atom. The zero-order valence-electron chi connectivity index (χ0n) is 14.2. The first kappa shape index (κ1) is 22.8. The van der Waals surface area contributed by atoms with Crippen LogP contribution in [0.4, 0.5) is 13.2 Å². The first-order valence-corrected chi connectivity index (χ1v) is 7.59. The van der Waals surface area contributed by atoms with Crippen LogP contribution in [-0.2, 0) is 6.54 Å². The minimum absolute atomic E-state index is 0. The van der Waals surface area contributed by atoms with Crippen LogP contribution in [0.25, 0.3) is 0 Å². The summed E-state index contributed by atoms with van der Waals surface area (Å²) < 4.78 is 42.0. The highest BCUT2D eigenvalue weighted by Gasteiger charge is 2.28. The minimum atomic E-state index is -4.35. The van der Waals surface area contributed by atoms with Crippen molar-refractivity contribution in [1.29, 1.82) is 0 Å². The zero-order chi connectivity index (χ0) is 17.3. The lowest BCUT2D eigenvalue weighted by Crippen LogP contribution is -2.37. The first-order chi connectivity index (χ1) is 10.9. The molecule has 1 aromatic carbocycles. The van der Waals surface area contributed by atoms with Crippen molar-refractivity contribution >= 4 is 29.9 Å². The van der Waals surface area contributed by atoms with Gasteiger partial charge in [0.1, 0.15) is 5.75 Å². The molecule has 2 N–H and O–H groups in total. The van der Waals surface area contributed by atoms with Gasteiger partial charge < -0.3 is 15.4 Å². The summed E-state index contributed by atoms with van der Waals surface area (Å²) in [4.78, 5) is 4.08. The van der Waals surface area contributed by atoms with Crippen molar-refractivity contribution in [3.05, 3.63) is 29.3 Å². The van der Waals surface area contributed by atoms with Gasteiger partial charge in [-0.25, -0.2) is 0 Å². The summed E-state index contributed by atoms with van der Waals surface area (Å²) in [5.41, 5.74) is 1.50. The summed E-state index contributed by atoms with van der Waals surface area (Å²) in [6, 6.07) is 5.20. The molecule has 8 heteroatoms. The highest BCUT2D eigenvalue weighted by Crippen LogP contribution is 2.23. The highest BCUT2D eigenvalue weighted by atomic mass is 127. The van der Waals surface area contributed by atoms with Crippen LogP contribution in [-0.4, -0.2) is 32.3 Å². The van der Waals surface area contributed by atoms with Crippen LogP contribution < -0.4 is 15.4 Å². The molecule has 1 aromatic rings. The van der Waals surface area contributed by atoms with Crippen molar-refractivity contribution in [3.8, 4) is 5.75 Å². The third-order valence-electron chi connectivity index (χ3n) is 3.11. The molecule has 4 nitrogen and oxygen atoms in total. The number of nitrogens with one attached hydrogen (secondary N) is 2. The Labute approximate surface area is 158 Å². The van der Waals surface area contributed by atoms with Crippen molar-refractivity contribution in [1.82, 2.24) is 10.6 Å². The second kappa shape index (κ2) is 11.4. The summed E-state index contributed by atoms with van der Waals surface area (Å²) in [5, 5.41) is 6.23. The third kappa shape index (κ3) is 9.19. The molecule has 0 spiro atoms. The van der Waals surface area contributed by atoms with Gasteiger partial charge in [0.05, 0.1) is 0 Å². The monoisotopic (exact) mass is 459 g/mol. The van der Waals surface area contributed by atoms with Crippen LogP contribution in [0, 0.1) is 6.92 Å². The van der Waals surface area contributed by atoms with Gasteiger partial charge in [-0.05, 0) is 25.0 Å². The SMILES string of the molecule is CCCCNC(=NC)NCc1ccc(C)cc1OCC(F)(F)F.I. The number of guanidine groups is 1. The molecule has 0 saturated heterocycles. The number of nitrogens with zero attached hydrogens (tertiary/aromatic N) is 1. The number of aryl methyl sites for hydroxylation is 1. The number of ether oxygens (including phenoxy) is 1. The Morgan fingerprint density at radius 1 is 1.25 bits per heavy atom. The molecular formula is C16H25F3IN3O. The number of rotatable bonds is 7. The van der Waals surface area contributed by atoms with Gasteiger partial charge in [-0.15, -0.1) is 24.0 Å². The number of benzene rings is 1. The Morgan fingerprint density at radius 3 is 2.54 bits per heavy atom. The van der Waals surface area contributed by atoms with Gasteiger partial charge in [0.25, 0.3) is 0 Å². The van der Waals surface area contributed by atoms with Crippen LogP contribution in [0.3, 0.4) is 0 Å².